The zero-order chi connectivity index (χ0) is 12.8. The number of piperidine rings is 1. The van der Waals surface area contributed by atoms with Gasteiger partial charge in [0.2, 0.25) is 0 Å². The van der Waals surface area contributed by atoms with Crippen molar-refractivity contribution in [2.45, 2.75) is 44.7 Å². The minimum atomic E-state index is 0.302. The Balaban J connectivity index is 1.74. The van der Waals surface area contributed by atoms with Crippen molar-refractivity contribution in [1.29, 1.82) is 0 Å². The molecule has 18 heavy (non-hydrogen) atoms. The van der Waals surface area contributed by atoms with Gasteiger partial charge in [0.15, 0.2) is 0 Å². The molecule has 0 amide bonds. The molecular weight excluding hydrogens is 228 g/mol. The van der Waals surface area contributed by atoms with Crippen LogP contribution >= 0.6 is 0 Å². The lowest BCUT2D eigenvalue weighted by Gasteiger charge is -2.35. The summed E-state index contributed by atoms with van der Waals surface area (Å²) in [6.45, 7) is 3.48. The fraction of sp³-hybridized carbons (Fsp3) is 0.769. The maximum Gasteiger partial charge on any atom is 0.145 e. The molecule has 2 rings (SSSR count). The summed E-state index contributed by atoms with van der Waals surface area (Å²) in [6, 6.07) is 2.40. The molecular formula is C13H24N4O. The third-order valence-corrected chi connectivity index (χ3v) is 3.71. The summed E-state index contributed by atoms with van der Waals surface area (Å²) in [4.78, 5) is 2.52. The fourth-order valence-corrected chi connectivity index (χ4v) is 2.77. The van der Waals surface area contributed by atoms with Crippen LogP contribution in [0.15, 0.2) is 12.3 Å². The highest BCUT2D eigenvalue weighted by Crippen LogP contribution is 2.19. The van der Waals surface area contributed by atoms with Crippen LogP contribution in [-0.2, 0) is 6.54 Å². The summed E-state index contributed by atoms with van der Waals surface area (Å²) in [5, 5.41) is 13.3. The van der Waals surface area contributed by atoms with E-state index in [1.807, 2.05) is 16.9 Å². The van der Waals surface area contributed by atoms with E-state index >= 15 is 0 Å². The Kier molecular flexibility index (Phi) is 5.01. The smallest absolute Gasteiger partial charge is 0.145 e. The summed E-state index contributed by atoms with van der Waals surface area (Å²) in [5.74, 6) is 0.589. The Bertz CT molecular complexity index is 351. The number of aliphatic hydroxyl groups excluding tert-OH is 1. The van der Waals surface area contributed by atoms with Gasteiger partial charge in [0.05, 0.1) is 0 Å². The first kappa shape index (κ1) is 13.4. The second-order valence-electron chi connectivity index (χ2n) is 5.06. The number of nitrogens with zero attached hydrogens (tertiary/aromatic N) is 3. The average molecular weight is 252 g/mol. The van der Waals surface area contributed by atoms with Gasteiger partial charge in [-0.15, -0.1) is 0 Å². The zero-order valence-corrected chi connectivity index (χ0v) is 11.0. The molecule has 0 aromatic carbocycles. The first-order chi connectivity index (χ1) is 8.79. The van der Waals surface area contributed by atoms with Gasteiger partial charge in [-0.3, -0.25) is 4.68 Å². The molecule has 1 atom stereocenters. The number of likely N-dealkylation sites (tertiary alicyclic amines) is 1. The Labute approximate surface area is 109 Å². The van der Waals surface area contributed by atoms with Gasteiger partial charge in [-0.2, -0.15) is 5.10 Å². The van der Waals surface area contributed by atoms with Gasteiger partial charge < -0.3 is 15.7 Å². The maximum atomic E-state index is 9.09. The predicted molar refractivity (Wildman–Crippen MR) is 72.2 cm³/mol. The van der Waals surface area contributed by atoms with E-state index in [-0.39, 0.29) is 0 Å². The van der Waals surface area contributed by atoms with Gasteiger partial charge in [0, 0.05) is 31.9 Å². The molecule has 1 saturated heterocycles. The van der Waals surface area contributed by atoms with Gasteiger partial charge in [0.1, 0.15) is 5.82 Å². The minimum Gasteiger partial charge on any atom is -0.396 e. The van der Waals surface area contributed by atoms with Crippen LogP contribution in [0, 0.1) is 0 Å². The predicted octanol–water partition coefficient (Wildman–Crippen LogP) is 1.09. The molecule has 1 aromatic rings. The van der Waals surface area contributed by atoms with Crippen molar-refractivity contribution in [3.8, 4) is 0 Å². The van der Waals surface area contributed by atoms with E-state index in [1.165, 1.54) is 25.8 Å². The number of aryl methyl sites for hydroxylation is 1. The Hall–Kier alpha value is -1.07. The third-order valence-electron chi connectivity index (χ3n) is 3.71. The molecule has 3 N–H and O–H groups in total. The molecule has 1 aromatic heterocycles. The number of aromatic nitrogens is 2. The number of aliphatic hydroxyl groups is 1. The van der Waals surface area contributed by atoms with Gasteiger partial charge >= 0.3 is 0 Å². The molecule has 0 aliphatic carbocycles. The van der Waals surface area contributed by atoms with E-state index < -0.39 is 0 Å². The molecule has 1 aliphatic heterocycles. The molecule has 0 saturated carbocycles. The summed E-state index contributed by atoms with van der Waals surface area (Å²) >= 11 is 0. The van der Waals surface area contributed by atoms with Crippen molar-refractivity contribution in [3.05, 3.63) is 12.3 Å². The third kappa shape index (κ3) is 3.71. The molecule has 5 nitrogen and oxygen atoms in total. The quantitative estimate of drug-likeness (QED) is 0.795. The maximum absolute atomic E-state index is 9.09. The molecule has 1 aliphatic rings. The largest absolute Gasteiger partial charge is 0.396 e. The molecule has 0 spiro atoms. The summed E-state index contributed by atoms with van der Waals surface area (Å²) in [7, 11) is 0. The summed E-state index contributed by atoms with van der Waals surface area (Å²) < 4.78 is 1.90. The normalized spacial score (nSPS) is 21.3. The molecule has 102 valence electrons. The Morgan fingerprint density at radius 1 is 1.39 bits per heavy atom. The highest BCUT2D eigenvalue weighted by atomic mass is 16.3. The second-order valence-corrected chi connectivity index (χ2v) is 5.06. The number of anilines is 1. The first-order valence-corrected chi connectivity index (χ1v) is 6.93. The lowest BCUT2D eigenvalue weighted by atomic mass is 9.99. The van der Waals surface area contributed by atoms with Crippen LogP contribution in [0.4, 0.5) is 5.82 Å². The molecule has 1 fully saturated rings. The summed E-state index contributed by atoms with van der Waals surface area (Å²) in [6.07, 6.45) is 7.75. The van der Waals surface area contributed by atoms with E-state index in [4.69, 9.17) is 10.8 Å². The molecule has 0 radical (unpaired) electrons. The zero-order valence-electron chi connectivity index (χ0n) is 11.0. The number of nitrogen functional groups attached to an aromatic ring is 1. The number of hydrogen-bond acceptors (Lipinski definition) is 4. The molecule has 2 heterocycles. The van der Waals surface area contributed by atoms with Crippen molar-refractivity contribution in [1.82, 2.24) is 14.7 Å². The van der Waals surface area contributed by atoms with Crippen LogP contribution in [-0.4, -0.2) is 45.5 Å². The minimum absolute atomic E-state index is 0.302. The van der Waals surface area contributed by atoms with Crippen LogP contribution < -0.4 is 5.73 Å². The summed E-state index contributed by atoms with van der Waals surface area (Å²) in [5.41, 5.74) is 5.58. The highest BCUT2D eigenvalue weighted by molar-refractivity contribution is 5.23. The van der Waals surface area contributed by atoms with Crippen LogP contribution in [0.1, 0.15) is 32.1 Å². The van der Waals surface area contributed by atoms with Crippen LogP contribution in [0.3, 0.4) is 0 Å². The van der Waals surface area contributed by atoms with Crippen molar-refractivity contribution in [2.75, 3.05) is 25.4 Å². The van der Waals surface area contributed by atoms with Gasteiger partial charge in [-0.25, -0.2) is 0 Å². The van der Waals surface area contributed by atoms with Gasteiger partial charge in [-0.1, -0.05) is 6.42 Å². The van der Waals surface area contributed by atoms with E-state index in [9.17, 15) is 0 Å². The van der Waals surface area contributed by atoms with Crippen molar-refractivity contribution < 1.29 is 5.11 Å². The Morgan fingerprint density at radius 2 is 2.28 bits per heavy atom. The lowest BCUT2D eigenvalue weighted by Crippen LogP contribution is -2.40. The SMILES string of the molecule is Nc1ccn(CCCN2CCCCC2CCO)n1. The first-order valence-electron chi connectivity index (χ1n) is 6.93. The van der Waals surface area contributed by atoms with Crippen LogP contribution in [0.2, 0.25) is 0 Å². The Morgan fingerprint density at radius 3 is 3.00 bits per heavy atom. The average Bonchev–Trinajstić information content (AvgIpc) is 2.78. The van der Waals surface area contributed by atoms with E-state index in [0.717, 1.165) is 25.9 Å². The van der Waals surface area contributed by atoms with Crippen molar-refractivity contribution >= 4 is 5.82 Å². The van der Waals surface area contributed by atoms with E-state index in [0.29, 0.717) is 18.5 Å². The van der Waals surface area contributed by atoms with Gasteiger partial charge in [-0.05, 0) is 38.3 Å². The van der Waals surface area contributed by atoms with Crippen molar-refractivity contribution in [2.24, 2.45) is 0 Å². The van der Waals surface area contributed by atoms with Crippen molar-refractivity contribution in [3.63, 3.8) is 0 Å². The highest BCUT2D eigenvalue weighted by Gasteiger charge is 2.20. The molecule has 0 bridgehead atoms. The molecule has 5 heteroatoms. The number of nitrogens with two attached hydrogens (primary N) is 1. The van der Waals surface area contributed by atoms with E-state index in [1.54, 1.807) is 0 Å². The molecule has 1 unspecified atom stereocenters. The second kappa shape index (κ2) is 6.75. The monoisotopic (exact) mass is 252 g/mol. The number of rotatable bonds is 6. The van der Waals surface area contributed by atoms with Crippen LogP contribution in [0.25, 0.3) is 0 Å². The standard InChI is InChI=1S/C13H24N4O/c14-13-5-10-17(15-13)9-3-8-16-7-2-1-4-12(16)6-11-18/h5,10,12,18H,1-4,6-9,11H2,(H2,14,15). The van der Waals surface area contributed by atoms with Crippen LogP contribution in [0.5, 0.6) is 0 Å². The fourth-order valence-electron chi connectivity index (χ4n) is 2.77. The number of hydrogen-bond donors (Lipinski definition) is 2. The lowest BCUT2D eigenvalue weighted by molar-refractivity contribution is 0.116. The topological polar surface area (TPSA) is 67.3 Å². The van der Waals surface area contributed by atoms with Gasteiger partial charge in [0.25, 0.3) is 0 Å². The van der Waals surface area contributed by atoms with E-state index in [2.05, 4.69) is 10.00 Å².